The largest absolute Gasteiger partial charge is 0.486 e. The van der Waals surface area contributed by atoms with Crippen molar-refractivity contribution < 1.29 is 16.3 Å². The Labute approximate surface area is 166 Å². The summed E-state index contributed by atoms with van der Waals surface area (Å²) in [6.45, 7) is 1.31. The van der Waals surface area contributed by atoms with Gasteiger partial charge in [-0.3, -0.25) is 4.98 Å². The lowest BCUT2D eigenvalue weighted by Gasteiger charge is -2.30. The third kappa shape index (κ3) is 4.04. The van der Waals surface area contributed by atoms with Crippen molar-refractivity contribution in [2.24, 2.45) is 0 Å². The normalized spacial score (nSPS) is 16.2. The van der Waals surface area contributed by atoms with E-state index in [2.05, 4.69) is 25.9 Å². The van der Waals surface area contributed by atoms with E-state index in [1.165, 1.54) is 0 Å². The minimum atomic E-state index is -2.64. The van der Waals surface area contributed by atoms with Gasteiger partial charge in [-0.15, -0.1) is 0 Å². The van der Waals surface area contributed by atoms with Crippen LogP contribution in [-0.2, 0) is 11.3 Å². The first kappa shape index (κ1) is 16.2. The van der Waals surface area contributed by atoms with E-state index in [1.54, 1.807) is 12.3 Å². The Morgan fingerprint density at radius 3 is 2.81 bits per heavy atom. The lowest BCUT2D eigenvalue weighted by atomic mass is 10.1. The molecule has 0 bridgehead atoms. The van der Waals surface area contributed by atoms with Crippen molar-refractivity contribution in [1.82, 2.24) is 9.97 Å². The van der Waals surface area contributed by atoms with E-state index in [4.69, 9.17) is 19.1 Å². The maximum atomic E-state index is 13.9. The lowest BCUT2D eigenvalue weighted by Crippen LogP contribution is -2.27. The Balaban J connectivity index is 1.89. The van der Waals surface area contributed by atoms with Gasteiger partial charge in [-0.05, 0) is 41.4 Å². The standard InChI is InChI=1S/C18H15BrClF2N3O/c1-10-6-24-18(19)5-16(10)25-8-13(20)17(3-11(25)2)26-9-15-14(22)4-12(21)7-23-15/h3-7H,8-9H2,1-2H3/i9D2. The number of nitrogens with zero attached hydrogens (tertiary/aromatic N) is 3. The second-order valence-electron chi connectivity index (χ2n) is 5.62. The zero-order valence-electron chi connectivity index (χ0n) is 15.9. The third-order valence-corrected chi connectivity index (χ3v) is 4.47. The van der Waals surface area contributed by atoms with Crippen molar-refractivity contribution >= 4 is 33.2 Å². The molecule has 0 atom stereocenters. The molecule has 0 radical (unpaired) electrons. The molecule has 26 heavy (non-hydrogen) atoms. The summed E-state index contributed by atoms with van der Waals surface area (Å²) in [5, 5.41) is 0.226. The molecule has 3 rings (SSSR count). The predicted octanol–water partition coefficient (Wildman–Crippen LogP) is 5.22. The fourth-order valence-electron chi connectivity index (χ4n) is 2.42. The molecular formula is C18H15BrClF2N3O. The molecule has 4 nitrogen and oxygen atoms in total. The van der Waals surface area contributed by atoms with Crippen molar-refractivity contribution in [2.45, 2.75) is 20.4 Å². The van der Waals surface area contributed by atoms with Crippen LogP contribution in [0.1, 0.15) is 20.9 Å². The van der Waals surface area contributed by atoms with Gasteiger partial charge in [0.15, 0.2) is 5.82 Å². The molecule has 0 spiro atoms. The van der Waals surface area contributed by atoms with Gasteiger partial charge >= 0.3 is 0 Å². The molecule has 1 aliphatic rings. The number of hydrogen-bond acceptors (Lipinski definition) is 4. The Bertz CT molecular complexity index is 1000. The van der Waals surface area contributed by atoms with Crippen LogP contribution in [0.4, 0.5) is 14.5 Å². The molecule has 1 aliphatic heterocycles. The molecule has 0 aliphatic carbocycles. The summed E-state index contributed by atoms with van der Waals surface area (Å²) in [4.78, 5) is 9.58. The number of anilines is 1. The van der Waals surface area contributed by atoms with E-state index in [-0.39, 0.29) is 17.3 Å². The molecule has 0 unspecified atom stereocenters. The lowest BCUT2D eigenvalue weighted by molar-refractivity contribution is 0.200. The van der Waals surface area contributed by atoms with Crippen molar-refractivity contribution in [3.8, 4) is 0 Å². The highest BCUT2D eigenvalue weighted by atomic mass is 79.9. The molecule has 0 amide bonds. The second-order valence-corrected chi connectivity index (χ2v) is 6.89. The number of rotatable bonds is 4. The highest BCUT2D eigenvalue weighted by molar-refractivity contribution is 9.10. The summed E-state index contributed by atoms with van der Waals surface area (Å²) in [7, 11) is 0. The second kappa shape index (κ2) is 7.72. The zero-order chi connectivity index (χ0) is 20.6. The first-order valence-electron chi connectivity index (χ1n) is 8.55. The molecule has 0 aromatic carbocycles. The summed E-state index contributed by atoms with van der Waals surface area (Å²) in [5.41, 5.74) is 1.89. The smallest absolute Gasteiger partial charge is 0.151 e. The van der Waals surface area contributed by atoms with E-state index in [9.17, 15) is 8.78 Å². The third-order valence-electron chi connectivity index (χ3n) is 3.73. The van der Waals surface area contributed by atoms with Gasteiger partial charge in [0.05, 0.1) is 20.5 Å². The molecule has 136 valence electrons. The SMILES string of the molecule is [2H]C([2H])(OC1=C(Cl)CN(c2cc(Br)ncc2C)C(C)=C1)c1ncc(F)cc1F. The number of hydrogen-bond donors (Lipinski definition) is 0. The fourth-order valence-corrected chi connectivity index (χ4v) is 2.95. The Hall–Kier alpha value is -1.99. The topological polar surface area (TPSA) is 38.2 Å². The van der Waals surface area contributed by atoms with Crippen molar-refractivity contribution in [1.29, 1.82) is 0 Å². The molecule has 0 saturated carbocycles. The van der Waals surface area contributed by atoms with E-state index in [1.807, 2.05) is 24.8 Å². The maximum absolute atomic E-state index is 13.9. The van der Waals surface area contributed by atoms with Gasteiger partial charge in [-0.2, -0.15) is 0 Å². The van der Waals surface area contributed by atoms with Gasteiger partial charge < -0.3 is 9.64 Å². The predicted molar refractivity (Wildman–Crippen MR) is 99.6 cm³/mol. The number of allylic oxidation sites excluding steroid dienone is 2. The first-order valence-corrected chi connectivity index (χ1v) is 8.73. The van der Waals surface area contributed by atoms with Crippen LogP contribution in [0.15, 0.2) is 51.7 Å². The molecule has 0 fully saturated rings. The molecule has 2 aromatic heterocycles. The number of ether oxygens (including phenoxy) is 1. The van der Waals surface area contributed by atoms with E-state index in [0.717, 1.165) is 23.1 Å². The minimum Gasteiger partial charge on any atom is -0.486 e. The van der Waals surface area contributed by atoms with E-state index in [0.29, 0.717) is 10.7 Å². The van der Waals surface area contributed by atoms with Crippen LogP contribution in [-0.4, -0.2) is 16.5 Å². The summed E-state index contributed by atoms with van der Waals surface area (Å²) in [6.07, 6.45) is 4.00. The number of halogens is 4. The summed E-state index contributed by atoms with van der Waals surface area (Å²) in [5.74, 6) is -1.99. The molecule has 3 heterocycles. The van der Waals surface area contributed by atoms with Gasteiger partial charge in [-0.25, -0.2) is 13.8 Å². The average molecular weight is 445 g/mol. The fraction of sp³-hybridized carbons (Fsp3) is 0.222. The minimum absolute atomic E-state index is 0.0525. The summed E-state index contributed by atoms with van der Waals surface area (Å²) >= 11 is 9.69. The Kier molecular flexibility index (Phi) is 4.81. The quantitative estimate of drug-likeness (QED) is 0.606. The molecule has 8 heteroatoms. The van der Waals surface area contributed by atoms with Crippen LogP contribution in [0.5, 0.6) is 0 Å². The highest BCUT2D eigenvalue weighted by Gasteiger charge is 2.21. The van der Waals surface area contributed by atoms with E-state index < -0.39 is 23.9 Å². The van der Waals surface area contributed by atoms with Crippen LogP contribution in [0.3, 0.4) is 0 Å². The van der Waals surface area contributed by atoms with Crippen LogP contribution >= 0.6 is 27.5 Å². The van der Waals surface area contributed by atoms with Gasteiger partial charge in [0, 0.05) is 29.7 Å². The number of aryl methyl sites for hydroxylation is 1. The molecule has 0 saturated heterocycles. The van der Waals surface area contributed by atoms with Crippen LogP contribution in [0.2, 0.25) is 0 Å². The van der Waals surface area contributed by atoms with Crippen molar-refractivity contribution in [3.63, 3.8) is 0 Å². The van der Waals surface area contributed by atoms with Crippen LogP contribution in [0.25, 0.3) is 0 Å². The number of pyridine rings is 2. The van der Waals surface area contributed by atoms with Gasteiger partial charge in [0.1, 0.15) is 28.4 Å². The van der Waals surface area contributed by atoms with E-state index >= 15 is 0 Å². The van der Waals surface area contributed by atoms with Gasteiger partial charge in [-0.1, -0.05) is 11.6 Å². The Morgan fingerprint density at radius 1 is 1.31 bits per heavy atom. The first-order chi connectivity index (χ1) is 13.1. The zero-order valence-corrected chi connectivity index (χ0v) is 16.2. The van der Waals surface area contributed by atoms with Crippen molar-refractivity contribution in [2.75, 3.05) is 11.4 Å². The molecule has 0 N–H and O–H groups in total. The van der Waals surface area contributed by atoms with Crippen LogP contribution < -0.4 is 4.90 Å². The number of aromatic nitrogens is 2. The van der Waals surface area contributed by atoms with Crippen LogP contribution in [0, 0.1) is 18.6 Å². The highest BCUT2D eigenvalue weighted by Crippen LogP contribution is 2.32. The summed E-state index contributed by atoms with van der Waals surface area (Å²) in [6, 6.07) is 2.40. The maximum Gasteiger partial charge on any atom is 0.151 e. The molecular weight excluding hydrogens is 428 g/mol. The van der Waals surface area contributed by atoms with Crippen molar-refractivity contribution in [3.05, 3.63) is 74.6 Å². The van der Waals surface area contributed by atoms with Gasteiger partial charge in [0.2, 0.25) is 0 Å². The molecule has 2 aromatic rings. The van der Waals surface area contributed by atoms with Gasteiger partial charge in [0.25, 0.3) is 0 Å². The monoisotopic (exact) mass is 443 g/mol. The average Bonchev–Trinajstić information content (AvgIpc) is 2.59. The summed E-state index contributed by atoms with van der Waals surface area (Å²) < 4.78 is 49.0. The Morgan fingerprint density at radius 2 is 2.08 bits per heavy atom.